The first kappa shape index (κ1) is 11.9. The fourth-order valence-corrected chi connectivity index (χ4v) is 2.78. The molecule has 2 fully saturated rings. The molecule has 1 heterocycles. The van der Waals surface area contributed by atoms with Gasteiger partial charge in [-0.1, -0.05) is 26.7 Å². The molecule has 3 heteroatoms. The fraction of sp³-hybridized carbons (Fsp3) is 0.923. The number of carbonyl (C=O) groups is 1. The normalized spacial score (nSPS) is 23.1. The molecule has 1 aliphatic heterocycles. The van der Waals surface area contributed by atoms with Gasteiger partial charge in [-0.2, -0.15) is 0 Å². The molecule has 0 atom stereocenters. The summed E-state index contributed by atoms with van der Waals surface area (Å²) in [5, 5.41) is 6.26. The average molecular weight is 224 g/mol. The summed E-state index contributed by atoms with van der Waals surface area (Å²) in [6.45, 7) is 7.14. The first-order valence-electron chi connectivity index (χ1n) is 6.58. The summed E-state index contributed by atoms with van der Waals surface area (Å²) in [5.74, 6) is 1.26. The minimum absolute atomic E-state index is 0.222. The van der Waals surface area contributed by atoms with E-state index in [1.165, 1.54) is 25.7 Å². The third kappa shape index (κ3) is 2.57. The second-order valence-electron chi connectivity index (χ2n) is 6.04. The van der Waals surface area contributed by atoms with Crippen molar-refractivity contribution in [1.29, 1.82) is 0 Å². The van der Waals surface area contributed by atoms with E-state index in [2.05, 4.69) is 24.5 Å². The van der Waals surface area contributed by atoms with Crippen molar-refractivity contribution in [2.75, 3.05) is 19.6 Å². The van der Waals surface area contributed by atoms with E-state index in [0.717, 1.165) is 25.6 Å². The van der Waals surface area contributed by atoms with Gasteiger partial charge in [-0.25, -0.2) is 0 Å². The van der Waals surface area contributed by atoms with Gasteiger partial charge in [-0.15, -0.1) is 0 Å². The number of rotatable bonds is 4. The van der Waals surface area contributed by atoms with Crippen molar-refractivity contribution in [3.05, 3.63) is 0 Å². The minimum atomic E-state index is 0.222. The van der Waals surface area contributed by atoms with Crippen LogP contribution in [0.2, 0.25) is 0 Å². The molecule has 0 aromatic rings. The molecule has 0 spiro atoms. The maximum atomic E-state index is 11.7. The highest BCUT2D eigenvalue weighted by Crippen LogP contribution is 2.39. The summed E-state index contributed by atoms with van der Waals surface area (Å²) in [7, 11) is 0. The molecule has 2 N–H and O–H groups in total. The monoisotopic (exact) mass is 224 g/mol. The average Bonchev–Trinajstić information content (AvgIpc) is 2.65. The molecule has 2 rings (SSSR count). The summed E-state index contributed by atoms with van der Waals surface area (Å²) in [4.78, 5) is 11.7. The fourth-order valence-electron chi connectivity index (χ4n) is 2.78. The largest absolute Gasteiger partial charge is 0.355 e. The molecule has 0 radical (unpaired) electrons. The van der Waals surface area contributed by atoms with E-state index >= 15 is 0 Å². The van der Waals surface area contributed by atoms with Crippen LogP contribution >= 0.6 is 0 Å². The zero-order chi connectivity index (χ0) is 11.6. The van der Waals surface area contributed by atoms with Crippen LogP contribution in [-0.2, 0) is 4.79 Å². The van der Waals surface area contributed by atoms with Crippen molar-refractivity contribution in [3.63, 3.8) is 0 Å². The van der Waals surface area contributed by atoms with Gasteiger partial charge < -0.3 is 10.6 Å². The lowest BCUT2D eigenvalue weighted by Gasteiger charge is -2.33. The van der Waals surface area contributed by atoms with Gasteiger partial charge in [0.15, 0.2) is 0 Å². The molecule has 2 aliphatic rings. The first-order chi connectivity index (χ1) is 7.59. The lowest BCUT2D eigenvalue weighted by Crippen LogP contribution is -2.52. The van der Waals surface area contributed by atoms with Crippen LogP contribution < -0.4 is 10.6 Å². The summed E-state index contributed by atoms with van der Waals surface area (Å²) >= 11 is 0. The molecule has 1 saturated heterocycles. The van der Waals surface area contributed by atoms with Crippen LogP contribution in [0.5, 0.6) is 0 Å². The smallest absolute Gasteiger partial charge is 0.225 e. The minimum Gasteiger partial charge on any atom is -0.355 e. The van der Waals surface area contributed by atoms with Crippen LogP contribution in [-0.4, -0.2) is 25.5 Å². The van der Waals surface area contributed by atoms with Gasteiger partial charge in [0.2, 0.25) is 5.91 Å². The molecule has 92 valence electrons. The third-order valence-corrected chi connectivity index (χ3v) is 4.33. The molecule has 0 aromatic heterocycles. The van der Waals surface area contributed by atoms with Crippen LogP contribution in [0, 0.1) is 17.3 Å². The van der Waals surface area contributed by atoms with Gasteiger partial charge in [-0.3, -0.25) is 4.79 Å². The Labute approximate surface area is 98.4 Å². The molecular weight excluding hydrogens is 200 g/mol. The van der Waals surface area contributed by atoms with Crippen LogP contribution in [0.4, 0.5) is 0 Å². The Kier molecular flexibility index (Phi) is 3.53. The van der Waals surface area contributed by atoms with E-state index in [9.17, 15) is 4.79 Å². The Hall–Kier alpha value is -0.570. The number of hydrogen-bond acceptors (Lipinski definition) is 2. The van der Waals surface area contributed by atoms with Crippen LogP contribution in [0.15, 0.2) is 0 Å². The Morgan fingerprint density at radius 1 is 1.31 bits per heavy atom. The maximum Gasteiger partial charge on any atom is 0.225 e. The zero-order valence-electron chi connectivity index (χ0n) is 10.5. The highest BCUT2D eigenvalue weighted by molar-refractivity contribution is 5.80. The first-order valence-corrected chi connectivity index (χ1v) is 6.58. The van der Waals surface area contributed by atoms with Gasteiger partial charge >= 0.3 is 0 Å². The molecule has 1 aliphatic carbocycles. The van der Waals surface area contributed by atoms with Gasteiger partial charge in [0.1, 0.15) is 0 Å². The lowest BCUT2D eigenvalue weighted by atomic mass is 9.77. The highest BCUT2D eigenvalue weighted by atomic mass is 16.2. The van der Waals surface area contributed by atoms with Gasteiger partial charge in [-0.05, 0) is 24.2 Å². The molecule has 16 heavy (non-hydrogen) atoms. The zero-order valence-corrected chi connectivity index (χ0v) is 10.5. The molecule has 3 nitrogen and oxygen atoms in total. The van der Waals surface area contributed by atoms with E-state index in [1.807, 2.05) is 0 Å². The molecule has 0 bridgehead atoms. The van der Waals surface area contributed by atoms with Crippen LogP contribution in [0.25, 0.3) is 0 Å². The summed E-state index contributed by atoms with van der Waals surface area (Å²) in [6.07, 6.45) is 5.42. The van der Waals surface area contributed by atoms with E-state index in [4.69, 9.17) is 0 Å². The second kappa shape index (κ2) is 4.74. The van der Waals surface area contributed by atoms with Crippen molar-refractivity contribution in [2.24, 2.45) is 17.3 Å². The Balaban J connectivity index is 1.76. The maximum absolute atomic E-state index is 11.7. The van der Waals surface area contributed by atoms with Crippen molar-refractivity contribution in [1.82, 2.24) is 10.6 Å². The summed E-state index contributed by atoms with van der Waals surface area (Å²) < 4.78 is 0. The highest BCUT2D eigenvalue weighted by Gasteiger charge is 2.33. The SMILES string of the molecule is CC(C)(CNC(=O)C1CNC1)C1CCCC1. The van der Waals surface area contributed by atoms with E-state index < -0.39 is 0 Å². The Bertz CT molecular complexity index is 253. The predicted octanol–water partition coefficient (Wildman–Crippen LogP) is 1.54. The summed E-state index contributed by atoms with van der Waals surface area (Å²) in [5.41, 5.74) is 0.267. The molecule has 0 aromatic carbocycles. The predicted molar refractivity (Wildman–Crippen MR) is 65.1 cm³/mol. The van der Waals surface area contributed by atoms with Crippen LogP contribution in [0.3, 0.4) is 0 Å². The van der Waals surface area contributed by atoms with Gasteiger partial charge in [0.05, 0.1) is 5.92 Å². The van der Waals surface area contributed by atoms with Crippen molar-refractivity contribution in [3.8, 4) is 0 Å². The number of carbonyl (C=O) groups excluding carboxylic acids is 1. The van der Waals surface area contributed by atoms with Crippen molar-refractivity contribution < 1.29 is 4.79 Å². The standard InChI is InChI=1S/C13H24N2O/c1-13(2,11-5-3-4-6-11)9-15-12(16)10-7-14-8-10/h10-11,14H,3-9H2,1-2H3,(H,15,16). The topological polar surface area (TPSA) is 41.1 Å². The van der Waals surface area contributed by atoms with E-state index in [-0.39, 0.29) is 17.2 Å². The van der Waals surface area contributed by atoms with Crippen molar-refractivity contribution >= 4 is 5.91 Å². The number of amides is 1. The van der Waals surface area contributed by atoms with Gasteiger partial charge in [0, 0.05) is 19.6 Å². The molecular formula is C13H24N2O. The Morgan fingerprint density at radius 3 is 2.44 bits per heavy atom. The lowest BCUT2D eigenvalue weighted by molar-refractivity contribution is -0.127. The van der Waals surface area contributed by atoms with E-state index in [0.29, 0.717) is 0 Å². The second-order valence-corrected chi connectivity index (χ2v) is 6.04. The third-order valence-electron chi connectivity index (χ3n) is 4.33. The van der Waals surface area contributed by atoms with Crippen LogP contribution in [0.1, 0.15) is 39.5 Å². The molecule has 0 unspecified atom stereocenters. The quantitative estimate of drug-likeness (QED) is 0.760. The number of nitrogens with one attached hydrogen (secondary N) is 2. The Morgan fingerprint density at radius 2 is 1.94 bits per heavy atom. The van der Waals surface area contributed by atoms with Crippen molar-refractivity contribution in [2.45, 2.75) is 39.5 Å². The van der Waals surface area contributed by atoms with E-state index in [1.54, 1.807) is 0 Å². The number of hydrogen-bond donors (Lipinski definition) is 2. The molecule has 1 saturated carbocycles. The van der Waals surface area contributed by atoms with Gasteiger partial charge in [0.25, 0.3) is 0 Å². The summed E-state index contributed by atoms with van der Waals surface area (Å²) in [6, 6.07) is 0. The molecule has 1 amide bonds.